The Labute approximate surface area is 147 Å². The lowest BCUT2D eigenvalue weighted by atomic mass is 10.0. The summed E-state index contributed by atoms with van der Waals surface area (Å²) in [7, 11) is 1.88. The third-order valence-corrected chi connectivity index (χ3v) is 5.23. The van der Waals surface area contributed by atoms with Crippen molar-refractivity contribution in [3.8, 4) is 0 Å². The Morgan fingerprint density at radius 1 is 1.36 bits per heavy atom. The molecule has 1 saturated heterocycles. The molecule has 0 unspecified atom stereocenters. The van der Waals surface area contributed by atoms with E-state index in [-0.39, 0.29) is 18.2 Å². The molecule has 1 fully saturated rings. The molecule has 2 heterocycles. The summed E-state index contributed by atoms with van der Waals surface area (Å²) in [6.45, 7) is 1.33. The van der Waals surface area contributed by atoms with Crippen LogP contribution in [0.5, 0.6) is 0 Å². The highest BCUT2D eigenvalue weighted by Crippen LogP contribution is 2.32. The summed E-state index contributed by atoms with van der Waals surface area (Å²) in [5.74, 6) is 0.413. The molecule has 132 valence electrons. The molecular formula is C19H24N4O2. The maximum absolute atomic E-state index is 12.4. The lowest BCUT2D eigenvalue weighted by Crippen LogP contribution is -2.44. The quantitative estimate of drug-likeness (QED) is 0.897. The molecule has 2 N–H and O–H groups in total. The number of ether oxygens (including phenoxy) is 1. The highest BCUT2D eigenvalue weighted by molar-refractivity contribution is 5.74. The van der Waals surface area contributed by atoms with E-state index in [1.807, 2.05) is 13.2 Å². The normalized spacial score (nSPS) is 24.9. The number of carbonyl (C=O) groups is 1. The molecule has 2 amide bonds. The Balaban J connectivity index is 1.32. The molecule has 0 bridgehead atoms. The zero-order valence-corrected chi connectivity index (χ0v) is 14.4. The molecule has 1 aromatic heterocycles. The fourth-order valence-corrected chi connectivity index (χ4v) is 3.95. The molecule has 0 radical (unpaired) electrons. The van der Waals surface area contributed by atoms with Gasteiger partial charge in [0, 0.05) is 37.9 Å². The van der Waals surface area contributed by atoms with Crippen molar-refractivity contribution in [1.29, 1.82) is 0 Å². The molecule has 4 rings (SSSR count). The summed E-state index contributed by atoms with van der Waals surface area (Å²) < 4.78 is 7.55. The number of hydrogen-bond donors (Lipinski definition) is 2. The number of aromatic nitrogens is 2. The molecule has 6 nitrogen and oxygen atoms in total. The summed E-state index contributed by atoms with van der Waals surface area (Å²) in [6, 6.07) is 8.39. The van der Waals surface area contributed by atoms with Gasteiger partial charge in [-0.2, -0.15) is 5.10 Å². The van der Waals surface area contributed by atoms with Gasteiger partial charge in [-0.25, -0.2) is 4.79 Å². The summed E-state index contributed by atoms with van der Waals surface area (Å²) in [6.07, 6.45) is 6.65. The molecule has 1 aliphatic heterocycles. The number of nitrogens with one attached hydrogen (secondary N) is 2. The average molecular weight is 340 g/mol. The van der Waals surface area contributed by atoms with Crippen LogP contribution in [0.3, 0.4) is 0 Å². The molecule has 1 aliphatic carbocycles. The number of aryl methyl sites for hydroxylation is 2. The SMILES string of the molecule is Cn1cc([C@H]2OCC[C@@H]2NC(=O)NC[C@@H]2CCc3ccccc32)cn1. The number of carbonyl (C=O) groups excluding carboxylic acids is 1. The molecule has 25 heavy (non-hydrogen) atoms. The third kappa shape index (κ3) is 3.39. The van der Waals surface area contributed by atoms with Gasteiger partial charge in [0.05, 0.1) is 12.2 Å². The minimum atomic E-state index is -0.119. The van der Waals surface area contributed by atoms with Crippen LogP contribution in [0.25, 0.3) is 0 Å². The van der Waals surface area contributed by atoms with Crippen LogP contribution >= 0.6 is 0 Å². The highest BCUT2D eigenvalue weighted by atomic mass is 16.5. The second kappa shape index (κ2) is 6.88. The number of rotatable bonds is 4. The molecule has 6 heteroatoms. The molecule has 1 aromatic carbocycles. The number of benzene rings is 1. The van der Waals surface area contributed by atoms with Crippen molar-refractivity contribution in [2.24, 2.45) is 7.05 Å². The lowest BCUT2D eigenvalue weighted by molar-refractivity contribution is 0.0998. The van der Waals surface area contributed by atoms with Crippen LogP contribution in [0.1, 0.15) is 41.6 Å². The fraction of sp³-hybridized carbons (Fsp3) is 0.474. The van der Waals surface area contributed by atoms with Crippen molar-refractivity contribution >= 4 is 6.03 Å². The lowest BCUT2D eigenvalue weighted by Gasteiger charge is -2.20. The van der Waals surface area contributed by atoms with Crippen LogP contribution in [-0.2, 0) is 18.2 Å². The second-order valence-electron chi connectivity index (χ2n) is 6.92. The van der Waals surface area contributed by atoms with Gasteiger partial charge in [0.1, 0.15) is 6.10 Å². The first-order valence-electron chi connectivity index (χ1n) is 8.93. The zero-order valence-electron chi connectivity index (χ0n) is 14.4. The van der Waals surface area contributed by atoms with Crippen molar-refractivity contribution in [3.05, 3.63) is 53.3 Å². The van der Waals surface area contributed by atoms with E-state index in [4.69, 9.17) is 4.74 Å². The van der Waals surface area contributed by atoms with Gasteiger partial charge in [0.25, 0.3) is 0 Å². The average Bonchev–Trinajstić information content (AvgIpc) is 3.32. The summed E-state index contributed by atoms with van der Waals surface area (Å²) in [5.41, 5.74) is 3.80. The summed E-state index contributed by atoms with van der Waals surface area (Å²) in [5, 5.41) is 10.3. The Hall–Kier alpha value is -2.34. The topological polar surface area (TPSA) is 68.2 Å². The third-order valence-electron chi connectivity index (χ3n) is 5.23. The van der Waals surface area contributed by atoms with Gasteiger partial charge in [-0.15, -0.1) is 0 Å². The van der Waals surface area contributed by atoms with E-state index >= 15 is 0 Å². The van der Waals surface area contributed by atoms with Gasteiger partial charge < -0.3 is 15.4 Å². The Morgan fingerprint density at radius 2 is 2.24 bits per heavy atom. The first kappa shape index (κ1) is 16.1. The number of fused-ring (bicyclic) bond motifs is 1. The monoisotopic (exact) mass is 340 g/mol. The highest BCUT2D eigenvalue weighted by Gasteiger charge is 2.32. The predicted molar refractivity (Wildman–Crippen MR) is 94.3 cm³/mol. The minimum absolute atomic E-state index is 0.0138. The molecule has 2 aliphatic rings. The fourth-order valence-electron chi connectivity index (χ4n) is 3.95. The van der Waals surface area contributed by atoms with Crippen LogP contribution in [0, 0.1) is 0 Å². The van der Waals surface area contributed by atoms with E-state index in [9.17, 15) is 4.79 Å². The maximum Gasteiger partial charge on any atom is 0.315 e. The van der Waals surface area contributed by atoms with Crippen LogP contribution in [-0.4, -0.2) is 35.0 Å². The van der Waals surface area contributed by atoms with Gasteiger partial charge in [0.2, 0.25) is 0 Å². The predicted octanol–water partition coefficient (Wildman–Crippen LogP) is 2.28. The Morgan fingerprint density at radius 3 is 3.08 bits per heavy atom. The molecule has 0 spiro atoms. The van der Waals surface area contributed by atoms with Gasteiger partial charge in [-0.05, 0) is 30.4 Å². The van der Waals surface area contributed by atoms with Gasteiger partial charge in [-0.3, -0.25) is 4.68 Å². The zero-order chi connectivity index (χ0) is 17.2. The van der Waals surface area contributed by atoms with Gasteiger partial charge in [0.15, 0.2) is 0 Å². The van der Waals surface area contributed by atoms with Crippen molar-refractivity contribution < 1.29 is 9.53 Å². The standard InChI is InChI=1S/C19H24N4O2/c1-23-12-15(11-21-23)18-17(8-9-25-18)22-19(24)20-10-14-7-6-13-4-2-3-5-16(13)14/h2-5,11-12,14,17-18H,6-10H2,1H3,(H2,20,22,24)/t14-,17-,18+/m0/s1. The smallest absolute Gasteiger partial charge is 0.315 e. The van der Waals surface area contributed by atoms with E-state index in [2.05, 4.69) is 40.0 Å². The van der Waals surface area contributed by atoms with Crippen LogP contribution < -0.4 is 10.6 Å². The molecular weight excluding hydrogens is 316 g/mol. The van der Waals surface area contributed by atoms with Crippen molar-refractivity contribution in [2.45, 2.75) is 37.3 Å². The largest absolute Gasteiger partial charge is 0.371 e. The second-order valence-corrected chi connectivity index (χ2v) is 6.92. The van der Waals surface area contributed by atoms with Crippen LogP contribution in [0.15, 0.2) is 36.7 Å². The molecule has 2 aromatic rings. The van der Waals surface area contributed by atoms with Gasteiger partial charge >= 0.3 is 6.03 Å². The van der Waals surface area contributed by atoms with Crippen molar-refractivity contribution in [3.63, 3.8) is 0 Å². The van der Waals surface area contributed by atoms with E-state index in [0.717, 1.165) is 24.8 Å². The van der Waals surface area contributed by atoms with E-state index in [1.54, 1.807) is 10.9 Å². The number of nitrogens with zero attached hydrogens (tertiary/aromatic N) is 2. The van der Waals surface area contributed by atoms with E-state index < -0.39 is 0 Å². The first-order valence-corrected chi connectivity index (χ1v) is 8.93. The summed E-state index contributed by atoms with van der Waals surface area (Å²) >= 11 is 0. The maximum atomic E-state index is 12.4. The van der Waals surface area contributed by atoms with Crippen LogP contribution in [0.4, 0.5) is 4.79 Å². The van der Waals surface area contributed by atoms with Crippen molar-refractivity contribution in [1.82, 2.24) is 20.4 Å². The number of hydrogen-bond acceptors (Lipinski definition) is 3. The van der Waals surface area contributed by atoms with Crippen molar-refractivity contribution in [2.75, 3.05) is 13.2 Å². The number of urea groups is 1. The van der Waals surface area contributed by atoms with E-state index in [1.165, 1.54) is 11.1 Å². The first-order chi connectivity index (χ1) is 12.2. The van der Waals surface area contributed by atoms with Crippen LogP contribution in [0.2, 0.25) is 0 Å². The van der Waals surface area contributed by atoms with E-state index in [0.29, 0.717) is 19.1 Å². The number of amides is 2. The minimum Gasteiger partial charge on any atom is -0.371 e. The summed E-state index contributed by atoms with van der Waals surface area (Å²) in [4.78, 5) is 12.4. The Bertz CT molecular complexity index is 757. The molecule has 3 atom stereocenters. The Kier molecular flexibility index (Phi) is 4.44. The van der Waals surface area contributed by atoms with Gasteiger partial charge in [-0.1, -0.05) is 24.3 Å². The molecule has 0 saturated carbocycles.